The molecule has 0 unspecified atom stereocenters. The lowest BCUT2D eigenvalue weighted by Gasteiger charge is -2.07. The molecule has 3 heteroatoms. The van der Waals surface area contributed by atoms with Gasteiger partial charge in [-0.3, -0.25) is 4.79 Å². The smallest absolute Gasteiger partial charge is 0.262 e. The van der Waals surface area contributed by atoms with Gasteiger partial charge in [-0.1, -0.05) is 49.7 Å². The number of nitrogens with one attached hydrogen (secondary N) is 1. The Morgan fingerprint density at radius 2 is 1.60 bits per heavy atom. The number of aryl methyl sites for hydroxylation is 1. The Bertz CT molecular complexity index is 506. The zero-order chi connectivity index (χ0) is 14.8. The van der Waals surface area contributed by atoms with Crippen LogP contribution in [-0.4, -0.2) is 12.5 Å². The lowest BCUT2D eigenvalue weighted by Crippen LogP contribution is -2.20. The van der Waals surface area contributed by atoms with Gasteiger partial charge in [0.1, 0.15) is 5.75 Å². The van der Waals surface area contributed by atoms with Gasteiger partial charge in [-0.05, 0) is 31.2 Å². The fraction of sp³-hybridized carbons (Fsp3) is 0.235. The maximum absolute atomic E-state index is 11.6. The first-order chi connectivity index (χ1) is 9.74. The number of ether oxygens (including phenoxy) is 1. The third-order valence-electron chi connectivity index (χ3n) is 2.45. The fourth-order valence-corrected chi connectivity index (χ4v) is 1.50. The van der Waals surface area contributed by atoms with Crippen LogP contribution in [0.25, 0.3) is 0 Å². The molecule has 0 heterocycles. The van der Waals surface area contributed by atoms with Gasteiger partial charge in [0, 0.05) is 5.69 Å². The quantitative estimate of drug-likeness (QED) is 0.911. The van der Waals surface area contributed by atoms with Crippen LogP contribution in [0.4, 0.5) is 5.69 Å². The van der Waals surface area contributed by atoms with E-state index in [0.717, 1.165) is 11.3 Å². The number of carbonyl (C=O) groups excluding carboxylic acids is 1. The number of hydrogen-bond acceptors (Lipinski definition) is 2. The molecule has 2 aromatic carbocycles. The second kappa shape index (κ2) is 8.75. The molecule has 0 aliphatic heterocycles. The lowest BCUT2D eigenvalue weighted by molar-refractivity contribution is -0.118. The Morgan fingerprint density at radius 3 is 2.20 bits per heavy atom. The summed E-state index contributed by atoms with van der Waals surface area (Å²) in [6.45, 7) is 6.02. The molecule has 0 spiro atoms. The van der Waals surface area contributed by atoms with Gasteiger partial charge in [-0.15, -0.1) is 0 Å². The summed E-state index contributed by atoms with van der Waals surface area (Å²) in [6, 6.07) is 16.9. The zero-order valence-electron chi connectivity index (χ0n) is 12.2. The summed E-state index contributed by atoms with van der Waals surface area (Å²) in [6.07, 6.45) is 0. The molecular weight excluding hydrogens is 250 g/mol. The summed E-state index contributed by atoms with van der Waals surface area (Å²) in [5, 5.41) is 2.76. The van der Waals surface area contributed by atoms with Crippen molar-refractivity contribution in [2.75, 3.05) is 11.9 Å². The molecule has 0 fully saturated rings. The molecule has 0 aliphatic carbocycles. The summed E-state index contributed by atoms with van der Waals surface area (Å²) >= 11 is 0. The van der Waals surface area contributed by atoms with Crippen molar-refractivity contribution in [2.45, 2.75) is 20.8 Å². The Hall–Kier alpha value is -2.29. The van der Waals surface area contributed by atoms with Crippen molar-refractivity contribution >= 4 is 11.6 Å². The van der Waals surface area contributed by atoms with E-state index in [9.17, 15) is 4.79 Å². The molecular formula is C17H21NO2. The molecule has 0 bridgehead atoms. The van der Waals surface area contributed by atoms with Crippen molar-refractivity contribution in [2.24, 2.45) is 0 Å². The highest BCUT2D eigenvalue weighted by Gasteiger charge is 2.02. The molecule has 0 aliphatic rings. The van der Waals surface area contributed by atoms with Crippen molar-refractivity contribution in [3.8, 4) is 5.75 Å². The summed E-state index contributed by atoms with van der Waals surface area (Å²) in [7, 11) is 0. The largest absolute Gasteiger partial charge is 0.484 e. The van der Waals surface area contributed by atoms with E-state index in [1.54, 1.807) is 0 Å². The highest BCUT2D eigenvalue weighted by atomic mass is 16.5. The Morgan fingerprint density at radius 1 is 1.00 bits per heavy atom. The summed E-state index contributed by atoms with van der Waals surface area (Å²) in [5.41, 5.74) is 1.94. The van der Waals surface area contributed by atoms with Gasteiger partial charge >= 0.3 is 0 Å². The predicted octanol–water partition coefficient (Wildman–Crippen LogP) is 4.04. The molecule has 1 N–H and O–H groups in total. The lowest BCUT2D eigenvalue weighted by atomic mass is 10.2. The van der Waals surface area contributed by atoms with E-state index in [0.29, 0.717) is 5.75 Å². The van der Waals surface area contributed by atoms with Gasteiger partial charge in [0.05, 0.1) is 0 Å². The van der Waals surface area contributed by atoms with Crippen LogP contribution in [-0.2, 0) is 4.79 Å². The van der Waals surface area contributed by atoms with E-state index in [1.807, 2.05) is 75.4 Å². The average molecular weight is 271 g/mol. The number of carbonyl (C=O) groups is 1. The first-order valence-electron chi connectivity index (χ1n) is 6.78. The van der Waals surface area contributed by atoms with Crippen molar-refractivity contribution in [1.82, 2.24) is 0 Å². The van der Waals surface area contributed by atoms with Crippen LogP contribution in [0.15, 0.2) is 54.6 Å². The number of para-hydroxylation sites is 1. The van der Waals surface area contributed by atoms with E-state index in [2.05, 4.69) is 5.32 Å². The van der Waals surface area contributed by atoms with E-state index < -0.39 is 0 Å². The van der Waals surface area contributed by atoms with E-state index >= 15 is 0 Å². The van der Waals surface area contributed by atoms with E-state index in [4.69, 9.17) is 4.74 Å². The van der Waals surface area contributed by atoms with Gasteiger partial charge in [-0.25, -0.2) is 0 Å². The normalized spacial score (nSPS) is 9.15. The second-order valence-electron chi connectivity index (χ2n) is 4.02. The van der Waals surface area contributed by atoms with Crippen molar-refractivity contribution in [3.05, 3.63) is 60.2 Å². The molecule has 0 saturated heterocycles. The molecule has 2 rings (SSSR count). The van der Waals surface area contributed by atoms with Crippen molar-refractivity contribution in [1.29, 1.82) is 0 Å². The minimum Gasteiger partial charge on any atom is -0.484 e. The number of anilines is 1. The Kier molecular flexibility index (Phi) is 6.90. The highest BCUT2D eigenvalue weighted by molar-refractivity contribution is 5.91. The molecule has 0 atom stereocenters. The maximum atomic E-state index is 11.6. The van der Waals surface area contributed by atoms with E-state index in [1.165, 1.54) is 0 Å². The van der Waals surface area contributed by atoms with Crippen LogP contribution in [0, 0.1) is 6.92 Å². The number of hydrogen-bond donors (Lipinski definition) is 1. The Balaban J connectivity index is 0.000000956. The first kappa shape index (κ1) is 15.8. The van der Waals surface area contributed by atoms with Gasteiger partial charge in [0.2, 0.25) is 0 Å². The maximum Gasteiger partial charge on any atom is 0.262 e. The first-order valence-corrected chi connectivity index (χ1v) is 6.78. The van der Waals surface area contributed by atoms with Gasteiger partial charge in [0.15, 0.2) is 6.61 Å². The number of rotatable bonds is 4. The Labute approximate surface area is 120 Å². The molecule has 1 amide bonds. The number of benzene rings is 2. The summed E-state index contributed by atoms with van der Waals surface area (Å²) in [5.74, 6) is 0.533. The standard InChI is InChI=1S/C15H15NO2.C2H6/c1-12-7-9-14(10-8-12)18-11-15(17)16-13-5-3-2-4-6-13;1-2/h2-10H,11H2,1H3,(H,16,17);1-2H3. The van der Waals surface area contributed by atoms with Crippen LogP contribution >= 0.6 is 0 Å². The predicted molar refractivity (Wildman–Crippen MR) is 83.1 cm³/mol. The van der Waals surface area contributed by atoms with Gasteiger partial charge < -0.3 is 10.1 Å². The van der Waals surface area contributed by atoms with E-state index in [-0.39, 0.29) is 12.5 Å². The highest BCUT2D eigenvalue weighted by Crippen LogP contribution is 2.11. The number of amides is 1. The minimum absolute atomic E-state index is 0.0119. The van der Waals surface area contributed by atoms with Gasteiger partial charge in [-0.2, -0.15) is 0 Å². The molecule has 106 valence electrons. The monoisotopic (exact) mass is 271 g/mol. The van der Waals surface area contributed by atoms with Crippen LogP contribution in [0.1, 0.15) is 19.4 Å². The minimum atomic E-state index is -0.165. The third-order valence-corrected chi connectivity index (χ3v) is 2.45. The molecule has 2 aromatic rings. The molecule has 0 aromatic heterocycles. The molecule has 20 heavy (non-hydrogen) atoms. The molecule has 0 saturated carbocycles. The second-order valence-corrected chi connectivity index (χ2v) is 4.02. The average Bonchev–Trinajstić information content (AvgIpc) is 2.50. The third kappa shape index (κ3) is 5.57. The van der Waals surface area contributed by atoms with Crippen molar-refractivity contribution < 1.29 is 9.53 Å². The molecule has 0 radical (unpaired) electrons. The van der Waals surface area contributed by atoms with Crippen LogP contribution < -0.4 is 10.1 Å². The van der Waals surface area contributed by atoms with Gasteiger partial charge in [0.25, 0.3) is 5.91 Å². The zero-order valence-corrected chi connectivity index (χ0v) is 12.2. The fourth-order valence-electron chi connectivity index (χ4n) is 1.50. The summed E-state index contributed by atoms with van der Waals surface area (Å²) in [4.78, 5) is 11.6. The van der Waals surface area contributed by atoms with Crippen LogP contribution in [0.2, 0.25) is 0 Å². The van der Waals surface area contributed by atoms with Crippen LogP contribution in [0.3, 0.4) is 0 Å². The molecule has 3 nitrogen and oxygen atoms in total. The van der Waals surface area contributed by atoms with Crippen molar-refractivity contribution in [3.63, 3.8) is 0 Å². The SMILES string of the molecule is CC.Cc1ccc(OCC(=O)Nc2ccccc2)cc1. The van der Waals surface area contributed by atoms with Crippen LogP contribution in [0.5, 0.6) is 5.75 Å². The summed E-state index contributed by atoms with van der Waals surface area (Å²) < 4.78 is 5.38. The topological polar surface area (TPSA) is 38.3 Å².